The van der Waals surface area contributed by atoms with Gasteiger partial charge in [0.1, 0.15) is 11.6 Å². The van der Waals surface area contributed by atoms with Crippen LogP contribution in [0.3, 0.4) is 0 Å². The van der Waals surface area contributed by atoms with Gasteiger partial charge in [0.15, 0.2) is 0 Å². The number of nitrogens with zero attached hydrogens (tertiary/aromatic N) is 1. The SMILES string of the molecule is C.C.CCOC(=O)C(C#N)=C(c1ccccc1)c1ccccc1. The van der Waals surface area contributed by atoms with Crippen molar-refractivity contribution in [3.8, 4) is 6.07 Å². The van der Waals surface area contributed by atoms with Gasteiger partial charge in [-0.25, -0.2) is 4.79 Å². The summed E-state index contributed by atoms with van der Waals surface area (Å²) in [5.41, 5.74) is 2.24. The summed E-state index contributed by atoms with van der Waals surface area (Å²) in [6.07, 6.45) is 0. The summed E-state index contributed by atoms with van der Waals surface area (Å²) in [6.45, 7) is 1.96. The molecule has 0 amide bonds. The molecule has 120 valence electrons. The Morgan fingerprint density at radius 1 is 0.957 bits per heavy atom. The molecule has 0 aliphatic rings. The standard InChI is InChI=1S/C18H15NO2.2CH4/c1-2-21-18(20)16(13-19)17(14-9-5-3-6-10-14)15-11-7-4-8-12-15;;/h3-12H,2H2,1H3;2*1H4. The van der Waals surface area contributed by atoms with Crippen LogP contribution in [0.25, 0.3) is 5.57 Å². The molecule has 0 radical (unpaired) electrons. The van der Waals surface area contributed by atoms with E-state index in [1.54, 1.807) is 6.92 Å². The minimum atomic E-state index is -0.595. The molecule has 0 spiro atoms. The third kappa shape index (κ3) is 4.82. The van der Waals surface area contributed by atoms with Crippen LogP contribution in [-0.2, 0) is 9.53 Å². The number of carbonyl (C=O) groups excluding carboxylic acids is 1. The van der Waals surface area contributed by atoms with Crippen LogP contribution in [0.1, 0.15) is 32.9 Å². The monoisotopic (exact) mass is 309 g/mol. The van der Waals surface area contributed by atoms with E-state index in [4.69, 9.17) is 4.74 Å². The number of benzene rings is 2. The molecule has 0 heterocycles. The largest absolute Gasteiger partial charge is 0.462 e. The van der Waals surface area contributed by atoms with E-state index in [1.807, 2.05) is 66.7 Å². The number of hydrogen-bond donors (Lipinski definition) is 0. The van der Waals surface area contributed by atoms with Gasteiger partial charge in [0, 0.05) is 5.57 Å². The molecule has 0 atom stereocenters. The van der Waals surface area contributed by atoms with Gasteiger partial charge in [-0.05, 0) is 18.1 Å². The highest BCUT2D eigenvalue weighted by molar-refractivity contribution is 6.05. The van der Waals surface area contributed by atoms with Crippen molar-refractivity contribution in [2.24, 2.45) is 0 Å². The molecule has 0 aromatic heterocycles. The summed E-state index contributed by atoms with van der Waals surface area (Å²) in [7, 11) is 0. The highest BCUT2D eigenvalue weighted by Crippen LogP contribution is 2.27. The first kappa shape index (κ1) is 20.1. The molecule has 3 nitrogen and oxygen atoms in total. The van der Waals surface area contributed by atoms with Crippen molar-refractivity contribution in [3.05, 3.63) is 77.4 Å². The second-order valence-corrected chi connectivity index (χ2v) is 4.31. The van der Waals surface area contributed by atoms with Gasteiger partial charge in [-0.15, -0.1) is 0 Å². The molecule has 3 heteroatoms. The molecule has 0 saturated carbocycles. The Bertz CT molecular complexity index is 641. The molecule has 0 unspecified atom stereocenters. The Kier molecular flexibility index (Phi) is 8.73. The van der Waals surface area contributed by atoms with Gasteiger partial charge < -0.3 is 4.74 Å². The zero-order chi connectivity index (χ0) is 15.1. The fourth-order valence-corrected chi connectivity index (χ4v) is 2.07. The van der Waals surface area contributed by atoms with Crippen LogP contribution in [0.4, 0.5) is 0 Å². The summed E-state index contributed by atoms with van der Waals surface area (Å²) in [5.74, 6) is -0.595. The second-order valence-electron chi connectivity index (χ2n) is 4.31. The van der Waals surface area contributed by atoms with Crippen molar-refractivity contribution in [1.29, 1.82) is 5.26 Å². The number of nitriles is 1. The predicted molar refractivity (Wildman–Crippen MR) is 94.6 cm³/mol. The van der Waals surface area contributed by atoms with E-state index >= 15 is 0 Å². The zero-order valence-corrected chi connectivity index (χ0v) is 11.7. The third-order valence-electron chi connectivity index (χ3n) is 2.97. The molecular weight excluding hydrogens is 286 g/mol. The first-order valence-electron chi connectivity index (χ1n) is 6.70. The van der Waals surface area contributed by atoms with Gasteiger partial charge in [0.2, 0.25) is 0 Å². The lowest BCUT2D eigenvalue weighted by Crippen LogP contribution is -2.09. The highest BCUT2D eigenvalue weighted by Gasteiger charge is 2.19. The van der Waals surface area contributed by atoms with Gasteiger partial charge in [-0.1, -0.05) is 75.5 Å². The first-order chi connectivity index (χ1) is 10.3. The van der Waals surface area contributed by atoms with Crippen LogP contribution < -0.4 is 0 Å². The molecule has 0 bridgehead atoms. The van der Waals surface area contributed by atoms with Gasteiger partial charge in [-0.2, -0.15) is 5.26 Å². The van der Waals surface area contributed by atoms with Crippen molar-refractivity contribution in [3.63, 3.8) is 0 Å². The predicted octanol–water partition coefficient (Wildman–Crippen LogP) is 4.85. The number of hydrogen-bond acceptors (Lipinski definition) is 3. The van der Waals surface area contributed by atoms with Crippen LogP contribution in [0.15, 0.2) is 66.2 Å². The molecule has 2 aromatic carbocycles. The fourth-order valence-electron chi connectivity index (χ4n) is 2.07. The Hall–Kier alpha value is -2.86. The number of rotatable bonds is 4. The van der Waals surface area contributed by atoms with Crippen LogP contribution in [-0.4, -0.2) is 12.6 Å². The average molecular weight is 309 g/mol. The van der Waals surface area contributed by atoms with Crippen molar-refractivity contribution >= 4 is 11.5 Å². The maximum Gasteiger partial charge on any atom is 0.349 e. The molecule has 0 fully saturated rings. The lowest BCUT2D eigenvalue weighted by atomic mass is 9.93. The van der Waals surface area contributed by atoms with Crippen molar-refractivity contribution in [2.75, 3.05) is 6.61 Å². The average Bonchev–Trinajstić information content (AvgIpc) is 2.54. The minimum absolute atomic E-state index is 0. The van der Waals surface area contributed by atoms with E-state index in [2.05, 4.69) is 0 Å². The maximum absolute atomic E-state index is 12.1. The normalized spacial score (nSPS) is 8.70. The summed E-state index contributed by atoms with van der Waals surface area (Å²) in [4.78, 5) is 12.1. The van der Waals surface area contributed by atoms with E-state index in [0.717, 1.165) is 11.1 Å². The summed E-state index contributed by atoms with van der Waals surface area (Å²) < 4.78 is 5.00. The Morgan fingerprint density at radius 3 is 1.74 bits per heavy atom. The van der Waals surface area contributed by atoms with Gasteiger partial charge in [0.25, 0.3) is 0 Å². The van der Waals surface area contributed by atoms with Crippen molar-refractivity contribution in [1.82, 2.24) is 0 Å². The van der Waals surface area contributed by atoms with Gasteiger partial charge >= 0.3 is 5.97 Å². The Morgan fingerprint density at radius 2 is 1.39 bits per heavy atom. The van der Waals surface area contributed by atoms with E-state index < -0.39 is 5.97 Å². The summed E-state index contributed by atoms with van der Waals surface area (Å²) in [6, 6.07) is 20.8. The molecule has 0 N–H and O–H groups in total. The quantitative estimate of drug-likeness (QED) is 0.461. The van der Waals surface area contributed by atoms with E-state index in [1.165, 1.54) is 0 Å². The number of carbonyl (C=O) groups is 1. The van der Waals surface area contributed by atoms with Gasteiger partial charge in [0.05, 0.1) is 6.61 Å². The second kappa shape index (κ2) is 9.97. The van der Waals surface area contributed by atoms with Crippen LogP contribution in [0.5, 0.6) is 0 Å². The smallest absolute Gasteiger partial charge is 0.349 e. The molecule has 23 heavy (non-hydrogen) atoms. The summed E-state index contributed by atoms with van der Waals surface area (Å²) >= 11 is 0. The minimum Gasteiger partial charge on any atom is -0.462 e. The lowest BCUT2D eigenvalue weighted by Gasteiger charge is -2.11. The molecule has 2 aromatic rings. The zero-order valence-electron chi connectivity index (χ0n) is 11.7. The maximum atomic E-state index is 12.1. The number of esters is 1. The van der Waals surface area contributed by atoms with Crippen LogP contribution >= 0.6 is 0 Å². The highest BCUT2D eigenvalue weighted by atomic mass is 16.5. The Labute approximate surface area is 138 Å². The van der Waals surface area contributed by atoms with Crippen molar-refractivity contribution < 1.29 is 9.53 Å². The van der Waals surface area contributed by atoms with E-state index in [-0.39, 0.29) is 27.0 Å². The van der Waals surface area contributed by atoms with Crippen LogP contribution in [0, 0.1) is 11.3 Å². The Balaban J connectivity index is 0.00000242. The lowest BCUT2D eigenvalue weighted by molar-refractivity contribution is -0.137. The van der Waals surface area contributed by atoms with Crippen molar-refractivity contribution in [2.45, 2.75) is 21.8 Å². The third-order valence-corrected chi connectivity index (χ3v) is 2.97. The molecule has 0 saturated heterocycles. The van der Waals surface area contributed by atoms with Gasteiger partial charge in [-0.3, -0.25) is 0 Å². The topological polar surface area (TPSA) is 50.1 Å². The number of ether oxygens (including phenoxy) is 1. The summed E-state index contributed by atoms with van der Waals surface area (Å²) in [5, 5.41) is 9.41. The molecule has 2 rings (SSSR count). The fraction of sp³-hybridized carbons (Fsp3) is 0.200. The van der Waals surface area contributed by atoms with E-state index in [0.29, 0.717) is 5.57 Å². The van der Waals surface area contributed by atoms with Crippen LogP contribution in [0.2, 0.25) is 0 Å². The molecule has 0 aliphatic carbocycles. The van der Waals surface area contributed by atoms with E-state index in [9.17, 15) is 10.1 Å². The first-order valence-corrected chi connectivity index (χ1v) is 6.70. The molecule has 0 aliphatic heterocycles. The molecular formula is C20H23NO2.